The fourth-order valence-electron chi connectivity index (χ4n) is 2.34. The van der Waals surface area contributed by atoms with Crippen LogP contribution >= 0.6 is 0 Å². The Morgan fingerprint density at radius 2 is 1.70 bits per heavy atom. The van der Waals surface area contributed by atoms with Gasteiger partial charge in [-0.25, -0.2) is 4.79 Å². The van der Waals surface area contributed by atoms with E-state index in [2.05, 4.69) is 5.32 Å². The highest BCUT2D eigenvalue weighted by molar-refractivity contribution is 5.78. The molecule has 0 radical (unpaired) electrons. The van der Waals surface area contributed by atoms with Crippen LogP contribution in [0.25, 0.3) is 0 Å². The molecule has 0 atom stereocenters. The summed E-state index contributed by atoms with van der Waals surface area (Å²) in [5.74, 6) is 0.00933. The van der Waals surface area contributed by atoms with Crippen LogP contribution in [-0.4, -0.2) is 92.2 Å². The number of carbonyl (C=O) groups excluding carboxylic acids is 2. The summed E-state index contributed by atoms with van der Waals surface area (Å²) in [6, 6.07) is 0.00130. The predicted octanol–water partition coefficient (Wildman–Crippen LogP) is -0.809. The minimum absolute atomic E-state index is 0.00130. The summed E-state index contributed by atoms with van der Waals surface area (Å²) < 4.78 is 5.65. The molecule has 3 amide bonds. The van der Waals surface area contributed by atoms with Crippen LogP contribution < -0.4 is 5.32 Å². The number of carbonyl (C=O) groups is 2. The van der Waals surface area contributed by atoms with Crippen molar-refractivity contribution in [1.82, 2.24) is 20.0 Å². The van der Waals surface area contributed by atoms with E-state index >= 15 is 0 Å². The van der Waals surface area contributed by atoms with Crippen molar-refractivity contribution < 1.29 is 14.3 Å². The average molecular weight is 284 g/mol. The van der Waals surface area contributed by atoms with E-state index in [4.69, 9.17) is 4.74 Å². The third-order valence-corrected chi connectivity index (χ3v) is 3.83. The zero-order valence-corrected chi connectivity index (χ0v) is 12.5. The number of nitrogens with zero attached hydrogens (tertiary/aromatic N) is 3. The lowest BCUT2D eigenvalue weighted by atomic mass is 10.0. The SMILES string of the molecule is CN(C)C(=O)N1CCN(C(=O)COC2(C)CNC2)CC1. The standard InChI is InChI=1S/C13H24N4O3/c1-13(9-14-10-13)20-8-11(18)16-4-6-17(7-5-16)12(19)15(2)3/h14H,4-10H2,1-3H3. The Morgan fingerprint density at radius 1 is 1.15 bits per heavy atom. The van der Waals surface area contributed by atoms with Gasteiger partial charge in [0.15, 0.2) is 0 Å². The van der Waals surface area contributed by atoms with Crippen molar-refractivity contribution in [3.63, 3.8) is 0 Å². The first-order valence-corrected chi connectivity index (χ1v) is 7.00. The highest BCUT2D eigenvalue weighted by Gasteiger charge is 2.34. The molecule has 2 aliphatic rings. The van der Waals surface area contributed by atoms with E-state index in [9.17, 15) is 9.59 Å². The Kier molecular flexibility index (Phi) is 4.49. The number of piperazine rings is 1. The molecule has 0 spiro atoms. The Balaban J connectivity index is 1.73. The van der Waals surface area contributed by atoms with Crippen LogP contribution in [-0.2, 0) is 9.53 Å². The summed E-state index contributed by atoms with van der Waals surface area (Å²) >= 11 is 0. The molecule has 2 heterocycles. The maximum Gasteiger partial charge on any atom is 0.319 e. The third-order valence-electron chi connectivity index (χ3n) is 3.83. The maximum atomic E-state index is 12.1. The molecule has 0 bridgehead atoms. The van der Waals surface area contributed by atoms with Gasteiger partial charge in [-0.15, -0.1) is 0 Å². The second kappa shape index (κ2) is 5.97. The van der Waals surface area contributed by atoms with Crippen LogP contribution in [0.15, 0.2) is 0 Å². The molecule has 114 valence electrons. The average Bonchev–Trinajstić information content (AvgIpc) is 2.42. The first kappa shape index (κ1) is 15.1. The van der Waals surface area contributed by atoms with E-state index in [0.29, 0.717) is 26.2 Å². The maximum absolute atomic E-state index is 12.1. The molecule has 2 saturated heterocycles. The topological polar surface area (TPSA) is 65.1 Å². The molecule has 1 N–H and O–H groups in total. The zero-order valence-electron chi connectivity index (χ0n) is 12.5. The van der Waals surface area contributed by atoms with Crippen molar-refractivity contribution in [2.24, 2.45) is 0 Å². The number of hydrogen-bond donors (Lipinski definition) is 1. The molecule has 2 aliphatic heterocycles. The minimum atomic E-state index is -0.196. The van der Waals surface area contributed by atoms with Crippen LogP contribution in [0.1, 0.15) is 6.92 Å². The number of ether oxygens (including phenoxy) is 1. The summed E-state index contributed by atoms with van der Waals surface area (Å²) in [6.45, 7) is 6.05. The first-order chi connectivity index (χ1) is 9.41. The second-order valence-corrected chi connectivity index (χ2v) is 5.89. The third kappa shape index (κ3) is 3.40. The summed E-state index contributed by atoms with van der Waals surface area (Å²) in [5, 5.41) is 3.14. The summed E-state index contributed by atoms with van der Waals surface area (Å²) in [6.07, 6.45) is 0. The lowest BCUT2D eigenvalue weighted by Gasteiger charge is -2.40. The van der Waals surface area contributed by atoms with E-state index in [1.807, 2.05) is 6.92 Å². The van der Waals surface area contributed by atoms with Gasteiger partial charge >= 0.3 is 6.03 Å². The van der Waals surface area contributed by atoms with E-state index < -0.39 is 0 Å². The molecular weight excluding hydrogens is 260 g/mol. The molecule has 7 nitrogen and oxygen atoms in total. The van der Waals surface area contributed by atoms with Crippen LogP contribution in [0.3, 0.4) is 0 Å². The van der Waals surface area contributed by atoms with Gasteiger partial charge in [0.1, 0.15) is 6.61 Å². The van der Waals surface area contributed by atoms with Gasteiger partial charge in [-0.1, -0.05) is 0 Å². The Hall–Kier alpha value is -1.34. The van der Waals surface area contributed by atoms with Gasteiger partial charge < -0.3 is 24.8 Å². The molecular formula is C13H24N4O3. The quantitative estimate of drug-likeness (QED) is 0.736. The molecule has 20 heavy (non-hydrogen) atoms. The van der Waals surface area contributed by atoms with E-state index in [1.165, 1.54) is 0 Å². The van der Waals surface area contributed by atoms with Gasteiger partial charge in [-0.2, -0.15) is 0 Å². The Labute approximate surface area is 119 Å². The van der Waals surface area contributed by atoms with Gasteiger partial charge in [-0.3, -0.25) is 4.79 Å². The fourth-order valence-corrected chi connectivity index (χ4v) is 2.34. The minimum Gasteiger partial charge on any atom is -0.363 e. The van der Waals surface area contributed by atoms with Gasteiger partial charge in [-0.05, 0) is 6.92 Å². The predicted molar refractivity (Wildman–Crippen MR) is 74.5 cm³/mol. The van der Waals surface area contributed by atoms with Crippen LogP contribution in [0, 0.1) is 0 Å². The zero-order chi connectivity index (χ0) is 14.8. The summed E-state index contributed by atoms with van der Waals surface area (Å²) in [4.78, 5) is 29.0. The van der Waals surface area contributed by atoms with Crippen molar-refractivity contribution in [2.75, 3.05) is 60.0 Å². The molecule has 7 heteroatoms. The molecule has 0 aromatic heterocycles. The molecule has 0 aromatic rings. The van der Waals surface area contributed by atoms with Crippen molar-refractivity contribution >= 4 is 11.9 Å². The Morgan fingerprint density at radius 3 is 2.15 bits per heavy atom. The molecule has 2 rings (SSSR count). The Bertz CT molecular complexity index is 374. The van der Waals surface area contributed by atoms with Gasteiger partial charge in [0.25, 0.3) is 0 Å². The van der Waals surface area contributed by atoms with Gasteiger partial charge in [0, 0.05) is 53.4 Å². The summed E-state index contributed by atoms with van der Waals surface area (Å²) in [7, 11) is 3.47. The largest absolute Gasteiger partial charge is 0.363 e. The number of hydrogen-bond acceptors (Lipinski definition) is 4. The van der Waals surface area contributed by atoms with E-state index in [-0.39, 0.29) is 24.1 Å². The smallest absolute Gasteiger partial charge is 0.319 e. The van der Waals surface area contributed by atoms with Crippen molar-refractivity contribution in [3.8, 4) is 0 Å². The van der Waals surface area contributed by atoms with Gasteiger partial charge in [0.2, 0.25) is 5.91 Å². The highest BCUT2D eigenvalue weighted by atomic mass is 16.5. The van der Waals surface area contributed by atoms with Crippen molar-refractivity contribution in [3.05, 3.63) is 0 Å². The van der Waals surface area contributed by atoms with E-state index in [0.717, 1.165) is 13.1 Å². The van der Waals surface area contributed by atoms with Crippen LogP contribution in [0.5, 0.6) is 0 Å². The van der Waals surface area contributed by atoms with E-state index in [1.54, 1.807) is 28.8 Å². The van der Waals surface area contributed by atoms with Crippen molar-refractivity contribution in [2.45, 2.75) is 12.5 Å². The normalized spacial score (nSPS) is 21.4. The first-order valence-electron chi connectivity index (χ1n) is 7.00. The van der Waals surface area contributed by atoms with Crippen LogP contribution in [0.4, 0.5) is 4.79 Å². The lowest BCUT2D eigenvalue weighted by Crippen LogP contribution is -2.60. The number of rotatable bonds is 3. The molecule has 0 aliphatic carbocycles. The summed E-state index contributed by atoms with van der Waals surface area (Å²) in [5.41, 5.74) is -0.196. The van der Waals surface area contributed by atoms with Crippen molar-refractivity contribution in [1.29, 1.82) is 0 Å². The molecule has 0 aromatic carbocycles. The lowest BCUT2D eigenvalue weighted by molar-refractivity contribution is -0.147. The number of urea groups is 1. The molecule has 0 saturated carbocycles. The number of nitrogens with one attached hydrogen (secondary N) is 1. The highest BCUT2D eigenvalue weighted by Crippen LogP contribution is 2.15. The fraction of sp³-hybridized carbons (Fsp3) is 0.846. The second-order valence-electron chi connectivity index (χ2n) is 5.89. The monoisotopic (exact) mass is 284 g/mol. The molecule has 0 unspecified atom stereocenters. The molecule has 2 fully saturated rings. The van der Waals surface area contributed by atoms with Gasteiger partial charge in [0.05, 0.1) is 5.60 Å². The van der Waals surface area contributed by atoms with Crippen LogP contribution in [0.2, 0.25) is 0 Å². The number of amides is 3.